The molecule has 0 bridgehead atoms. The quantitative estimate of drug-likeness (QED) is 0.417. The molecule has 2 N–H and O–H groups in total. The molecule has 0 amide bonds. The van der Waals surface area contributed by atoms with Gasteiger partial charge in [-0.3, -0.25) is 4.90 Å². The summed E-state index contributed by atoms with van der Waals surface area (Å²) in [4.78, 5) is 11.2. The van der Waals surface area contributed by atoms with E-state index in [0.29, 0.717) is 12.4 Å². The van der Waals surface area contributed by atoms with Gasteiger partial charge in [-0.25, -0.2) is 9.98 Å². The van der Waals surface area contributed by atoms with Gasteiger partial charge in [-0.05, 0) is 31.5 Å². The minimum absolute atomic E-state index is 0.595. The Hall–Kier alpha value is -1.86. The number of nitrogens with one attached hydrogen (secondary N) is 2. The molecule has 1 aliphatic rings. The number of guanidine groups is 1. The standard InChI is InChI=1S/C17H29N5O2/c1-3-18-17(20-6-4-8-22-9-11-24-12-10-22)21-14-15-5-7-19-16(13-15)23-2/h5,7,13H,3-4,6,8-12,14H2,1-2H3,(H2,18,20,21). The summed E-state index contributed by atoms with van der Waals surface area (Å²) in [6, 6.07) is 3.86. The van der Waals surface area contributed by atoms with Crippen molar-refractivity contribution in [3.63, 3.8) is 0 Å². The first-order chi connectivity index (χ1) is 11.8. The average molecular weight is 335 g/mol. The molecule has 0 aliphatic carbocycles. The fourth-order valence-electron chi connectivity index (χ4n) is 2.51. The summed E-state index contributed by atoms with van der Waals surface area (Å²) in [5, 5.41) is 6.67. The Morgan fingerprint density at radius 3 is 2.96 bits per heavy atom. The minimum atomic E-state index is 0.595. The van der Waals surface area contributed by atoms with Crippen LogP contribution in [0.2, 0.25) is 0 Å². The largest absolute Gasteiger partial charge is 0.481 e. The van der Waals surface area contributed by atoms with E-state index in [1.54, 1.807) is 13.3 Å². The van der Waals surface area contributed by atoms with E-state index in [-0.39, 0.29) is 0 Å². The van der Waals surface area contributed by atoms with Gasteiger partial charge >= 0.3 is 0 Å². The Morgan fingerprint density at radius 1 is 1.38 bits per heavy atom. The molecule has 1 fully saturated rings. The van der Waals surface area contributed by atoms with Crippen LogP contribution in [0, 0.1) is 0 Å². The molecule has 0 atom stereocenters. The topological polar surface area (TPSA) is 71.0 Å². The molecule has 0 spiro atoms. The Bertz CT molecular complexity index is 504. The van der Waals surface area contributed by atoms with E-state index in [4.69, 9.17) is 9.47 Å². The second-order valence-electron chi connectivity index (χ2n) is 5.64. The molecule has 7 nitrogen and oxygen atoms in total. The maximum Gasteiger partial charge on any atom is 0.213 e. The van der Waals surface area contributed by atoms with Crippen LogP contribution in [0.3, 0.4) is 0 Å². The summed E-state index contributed by atoms with van der Waals surface area (Å²) >= 11 is 0. The van der Waals surface area contributed by atoms with Crippen molar-refractivity contribution < 1.29 is 9.47 Å². The predicted octanol–water partition coefficient (Wildman–Crippen LogP) is 0.868. The maximum absolute atomic E-state index is 5.37. The number of rotatable bonds is 8. The number of pyridine rings is 1. The van der Waals surface area contributed by atoms with E-state index < -0.39 is 0 Å². The van der Waals surface area contributed by atoms with Crippen molar-refractivity contribution in [3.05, 3.63) is 23.9 Å². The van der Waals surface area contributed by atoms with Crippen LogP contribution in [0.5, 0.6) is 5.88 Å². The van der Waals surface area contributed by atoms with Gasteiger partial charge in [-0.1, -0.05) is 0 Å². The van der Waals surface area contributed by atoms with E-state index >= 15 is 0 Å². The lowest BCUT2D eigenvalue weighted by molar-refractivity contribution is 0.0376. The Morgan fingerprint density at radius 2 is 2.21 bits per heavy atom. The number of nitrogens with zero attached hydrogens (tertiary/aromatic N) is 3. The Kier molecular flexibility index (Phi) is 8.34. The highest BCUT2D eigenvalue weighted by molar-refractivity contribution is 5.79. The first-order valence-corrected chi connectivity index (χ1v) is 8.63. The highest BCUT2D eigenvalue weighted by Crippen LogP contribution is 2.09. The molecule has 0 unspecified atom stereocenters. The van der Waals surface area contributed by atoms with E-state index in [9.17, 15) is 0 Å². The van der Waals surface area contributed by atoms with Crippen LogP contribution >= 0.6 is 0 Å². The molecule has 1 aromatic heterocycles. The van der Waals surface area contributed by atoms with Crippen molar-refractivity contribution >= 4 is 5.96 Å². The fourth-order valence-corrected chi connectivity index (χ4v) is 2.51. The molecular formula is C17H29N5O2. The highest BCUT2D eigenvalue weighted by Gasteiger charge is 2.09. The molecule has 0 aromatic carbocycles. The van der Waals surface area contributed by atoms with Crippen molar-refractivity contribution in [1.82, 2.24) is 20.5 Å². The lowest BCUT2D eigenvalue weighted by Gasteiger charge is -2.26. The maximum atomic E-state index is 5.37. The van der Waals surface area contributed by atoms with Gasteiger partial charge in [0.15, 0.2) is 5.96 Å². The second-order valence-corrected chi connectivity index (χ2v) is 5.64. The van der Waals surface area contributed by atoms with Gasteiger partial charge in [-0.2, -0.15) is 0 Å². The molecule has 2 heterocycles. The number of hydrogen-bond donors (Lipinski definition) is 2. The third-order valence-corrected chi connectivity index (χ3v) is 3.82. The van der Waals surface area contributed by atoms with Crippen LogP contribution in [0.1, 0.15) is 18.9 Å². The van der Waals surface area contributed by atoms with E-state index in [0.717, 1.165) is 63.9 Å². The lowest BCUT2D eigenvalue weighted by atomic mass is 10.3. The minimum Gasteiger partial charge on any atom is -0.481 e. The monoisotopic (exact) mass is 335 g/mol. The average Bonchev–Trinajstić information content (AvgIpc) is 2.64. The van der Waals surface area contributed by atoms with Gasteiger partial charge in [0.25, 0.3) is 0 Å². The van der Waals surface area contributed by atoms with Crippen molar-refractivity contribution in [3.8, 4) is 5.88 Å². The van der Waals surface area contributed by atoms with Crippen LogP contribution in [-0.2, 0) is 11.3 Å². The summed E-state index contributed by atoms with van der Waals surface area (Å²) in [5.41, 5.74) is 1.08. The predicted molar refractivity (Wildman–Crippen MR) is 95.5 cm³/mol. The van der Waals surface area contributed by atoms with Gasteiger partial charge in [-0.15, -0.1) is 0 Å². The summed E-state index contributed by atoms with van der Waals surface area (Å²) in [6.07, 6.45) is 2.83. The van der Waals surface area contributed by atoms with E-state index in [1.165, 1.54) is 0 Å². The molecule has 1 saturated heterocycles. The molecule has 0 radical (unpaired) electrons. The Balaban J connectivity index is 1.75. The van der Waals surface area contributed by atoms with E-state index in [2.05, 4.69) is 32.4 Å². The molecule has 7 heteroatoms. The van der Waals surface area contributed by atoms with Gasteiger partial charge in [0.05, 0.1) is 26.9 Å². The molecular weight excluding hydrogens is 306 g/mol. The third-order valence-electron chi connectivity index (χ3n) is 3.82. The number of aliphatic imine (C=N–C) groups is 1. The SMILES string of the molecule is CCNC(=NCc1ccnc(OC)c1)NCCCN1CCOCC1. The summed E-state index contributed by atoms with van der Waals surface area (Å²) < 4.78 is 10.5. The van der Waals surface area contributed by atoms with Gasteiger partial charge in [0.1, 0.15) is 0 Å². The number of aromatic nitrogens is 1. The first-order valence-electron chi connectivity index (χ1n) is 8.63. The van der Waals surface area contributed by atoms with Gasteiger partial charge < -0.3 is 20.1 Å². The van der Waals surface area contributed by atoms with Crippen LogP contribution in [0.4, 0.5) is 0 Å². The molecule has 24 heavy (non-hydrogen) atoms. The number of morpholine rings is 1. The zero-order valence-corrected chi connectivity index (χ0v) is 14.8. The van der Waals surface area contributed by atoms with E-state index in [1.807, 2.05) is 12.1 Å². The molecule has 134 valence electrons. The fraction of sp³-hybridized carbons (Fsp3) is 0.647. The molecule has 1 aliphatic heterocycles. The number of hydrogen-bond acceptors (Lipinski definition) is 5. The van der Waals surface area contributed by atoms with Gasteiger partial charge in [0.2, 0.25) is 5.88 Å². The normalized spacial score (nSPS) is 16.0. The van der Waals surface area contributed by atoms with Crippen molar-refractivity contribution in [2.75, 3.05) is 53.0 Å². The third kappa shape index (κ3) is 6.72. The first kappa shape index (κ1) is 18.5. The van der Waals surface area contributed by atoms with Crippen molar-refractivity contribution in [2.24, 2.45) is 4.99 Å². The molecule has 0 saturated carbocycles. The molecule has 1 aromatic rings. The van der Waals surface area contributed by atoms with Crippen LogP contribution in [0.15, 0.2) is 23.3 Å². The zero-order chi connectivity index (χ0) is 17.0. The smallest absolute Gasteiger partial charge is 0.213 e. The molecule has 2 rings (SSSR count). The van der Waals surface area contributed by atoms with Crippen LogP contribution in [-0.4, -0.2) is 68.9 Å². The number of methoxy groups -OCH3 is 1. The van der Waals surface area contributed by atoms with Crippen LogP contribution < -0.4 is 15.4 Å². The highest BCUT2D eigenvalue weighted by atomic mass is 16.5. The van der Waals surface area contributed by atoms with Gasteiger partial charge in [0, 0.05) is 38.4 Å². The summed E-state index contributed by atoms with van der Waals surface area (Å²) in [6.45, 7) is 9.29. The number of ether oxygens (including phenoxy) is 2. The Labute approximate surface area is 144 Å². The van der Waals surface area contributed by atoms with Crippen molar-refractivity contribution in [1.29, 1.82) is 0 Å². The van der Waals surface area contributed by atoms with Crippen LogP contribution in [0.25, 0.3) is 0 Å². The zero-order valence-electron chi connectivity index (χ0n) is 14.8. The lowest BCUT2D eigenvalue weighted by Crippen LogP contribution is -2.40. The summed E-state index contributed by atoms with van der Waals surface area (Å²) in [5.74, 6) is 1.46. The second kappa shape index (κ2) is 10.8. The summed E-state index contributed by atoms with van der Waals surface area (Å²) in [7, 11) is 1.62. The van der Waals surface area contributed by atoms with Crippen molar-refractivity contribution in [2.45, 2.75) is 19.9 Å².